The number of nitrogens with zero attached hydrogens (tertiary/aromatic N) is 1. The van der Waals surface area contributed by atoms with E-state index in [9.17, 15) is 13.2 Å². The molecule has 0 aromatic heterocycles. The van der Waals surface area contributed by atoms with E-state index in [1.54, 1.807) is 0 Å². The quantitative estimate of drug-likeness (QED) is 0.703. The Morgan fingerprint density at radius 1 is 1.03 bits per heavy atom. The van der Waals surface area contributed by atoms with Crippen LogP contribution < -0.4 is 5.32 Å². The number of sulfone groups is 1. The fraction of sp³-hybridized carbons (Fsp3) is 0.458. The molecule has 3 rings (SSSR count). The first-order valence-corrected chi connectivity index (χ1v) is 12.6. The second kappa shape index (κ2) is 9.01. The lowest BCUT2D eigenvalue weighted by atomic mass is 9.83. The Morgan fingerprint density at radius 3 is 1.94 bits per heavy atom. The molecule has 1 heterocycles. The third-order valence-corrected chi connectivity index (χ3v) is 6.27. The highest BCUT2D eigenvalue weighted by atomic mass is 32.2. The van der Waals surface area contributed by atoms with E-state index >= 15 is 0 Å². The van der Waals surface area contributed by atoms with Crippen LogP contribution in [0.1, 0.15) is 44.4 Å². The summed E-state index contributed by atoms with van der Waals surface area (Å²) in [6, 6.07) is 20.4. The number of hydrogen-bond acceptors (Lipinski definition) is 5. The molecule has 168 valence electrons. The normalized spacial score (nSPS) is 16.5. The fourth-order valence-electron chi connectivity index (χ4n) is 4.00. The molecule has 1 amide bonds. The Balaban J connectivity index is 1.83. The first kappa shape index (κ1) is 23.3. The van der Waals surface area contributed by atoms with Gasteiger partial charge in [0.25, 0.3) is 0 Å². The van der Waals surface area contributed by atoms with Crippen LogP contribution in [0.15, 0.2) is 60.7 Å². The highest BCUT2D eigenvalue weighted by molar-refractivity contribution is 7.90. The molecule has 1 N–H and O–H groups in total. The van der Waals surface area contributed by atoms with Gasteiger partial charge in [-0.2, -0.15) is 0 Å². The summed E-state index contributed by atoms with van der Waals surface area (Å²) in [5, 5.41) is 2.98. The number of amides is 1. The highest BCUT2D eigenvalue weighted by Gasteiger charge is 2.48. The van der Waals surface area contributed by atoms with E-state index in [0.29, 0.717) is 19.5 Å². The molecular formula is C24H32N2O4S. The van der Waals surface area contributed by atoms with Crippen molar-refractivity contribution in [1.82, 2.24) is 10.2 Å². The van der Waals surface area contributed by atoms with Gasteiger partial charge in [0.05, 0.1) is 17.3 Å². The Hall–Kier alpha value is -2.38. The number of rotatable bonds is 7. The molecular weight excluding hydrogens is 412 g/mol. The Kier molecular flexibility index (Phi) is 6.76. The largest absolute Gasteiger partial charge is 0.444 e. The first-order chi connectivity index (χ1) is 14.5. The standard InChI is InChI=1S/C24H32N2O4S/c1-23(2,3)30-22(27)25-24(15-16-31(4,28)29)17-26(18-24)21(19-11-7-5-8-12-19)20-13-9-6-10-14-20/h5-14,21H,15-18H2,1-4H3,(H,25,27). The molecule has 0 radical (unpaired) electrons. The molecule has 0 aliphatic carbocycles. The van der Waals surface area contributed by atoms with Crippen molar-refractivity contribution in [3.63, 3.8) is 0 Å². The smallest absolute Gasteiger partial charge is 0.408 e. The third-order valence-electron chi connectivity index (χ3n) is 5.32. The maximum atomic E-state index is 12.5. The average Bonchev–Trinajstić information content (AvgIpc) is 2.64. The number of nitrogens with one attached hydrogen (secondary N) is 1. The van der Waals surface area contributed by atoms with E-state index in [2.05, 4.69) is 34.5 Å². The predicted molar refractivity (Wildman–Crippen MR) is 123 cm³/mol. The lowest BCUT2D eigenvalue weighted by molar-refractivity contribution is -0.00310. The van der Waals surface area contributed by atoms with Crippen LogP contribution in [-0.2, 0) is 14.6 Å². The summed E-state index contributed by atoms with van der Waals surface area (Å²) in [4.78, 5) is 14.8. The SMILES string of the molecule is CC(C)(C)OC(=O)NC1(CCS(C)(=O)=O)CN(C(c2ccccc2)c2ccccc2)C1. The van der Waals surface area contributed by atoms with E-state index in [-0.39, 0.29) is 11.8 Å². The minimum absolute atomic E-state index is 0.0119. The molecule has 2 aromatic rings. The number of benzene rings is 2. The van der Waals surface area contributed by atoms with Crippen molar-refractivity contribution < 1.29 is 17.9 Å². The van der Waals surface area contributed by atoms with Crippen molar-refractivity contribution in [2.45, 2.75) is 44.4 Å². The second-order valence-corrected chi connectivity index (χ2v) is 11.7. The number of carbonyl (C=O) groups excluding carboxylic acids is 1. The summed E-state index contributed by atoms with van der Waals surface area (Å²) >= 11 is 0. The first-order valence-electron chi connectivity index (χ1n) is 10.5. The summed E-state index contributed by atoms with van der Waals surface area (Å²) in [6.45, 7) is 6.50. The number of likely N-dealkylation sites (tertiary alicyclic amines) is 1. The molecule has 0 atom stereocenters. The van der Waals surface area contributed by atoms with Crippen molar-refractivity contribution in [3.05, 3.63) is 71.8 Å². The van der Waals surface area contributed by atoms with Gasteiger partial charge in [0.15, 0.2) is 0 Å². The maximum Gasteiger partial charge on any atom is 0.408 e. The van der Waals surface area contributed by atoms with Crippen LogP contribution in [0, 0.1) is 0 Å². The summed E-state index contributed by atoms with van der Waals surface area (Å²) in [5.41, 5.74) is 1.04. The second-order valence-electron chi connectivity index (χ2n) is 9.42. The van der Waals surface area contributed by atoms with Crippen LogP contribution in [0.2, 0.25) is 0 Å². The maximum absolute atomic E-state index is 12.5. The number of ether oxygens (including phenoxy) is 1. The molecule has 0 unspecified atom stereocenters. The van der Waals surface area contributed by atoms with Crippen molar-refractivity contribution in [1.29, 1.82) is 0 Å². The van der Waals surface area contributed by atoms with Gasteiger partial charge in [-0.05, 0) is 38.3 Å². The molecule has 1 aliphatic rings. The van der Waals surface area contributed by atoms with E-state index in [4.69, 9.17) is 4.74 Å². The zero-order valence-corrected chi connectivity index (χ0v) is 19.5. The van der Waals surface area contributed by atoms with Gasteiger partial charge in [-0.25, -0.2) is 13.2 Å². The number of alkyl carbamates (subject to hydrolysis) is 1. The zero-order chi connectivity index (χ0) is 22.7. The Labute approximate surface area is 185 Å². The Bertz CT molecular complexity index is 940. The monoisotopic (exact) mass is 444 g/mol. The van der Waals surface area contributed by atoms with Crippen LogP contribution in [0.5, 0.6) is 0 Å². The lowest BCUT2D eigenvalue weighted by Gasteiger charge is -2.53. The molecule has 1 saturated heterocycles. The molecule has 0 spiro atoms. The summed E-state index contributed by atoms with van der Waals surface area (Å²) in [5.74, 6) is 0.0119. The molecule has 0 saturated carbocycles. The van der Waals surface area contributed by atoms with Crippen LogP contribution >= 0.6 is 0 Å². The topological polar surface area (TPSA) is 75.7 Å². The minimum Gasteiger partial charge on any atom is -0.444 e. The van der Waals surface area contributed by atoms with Crippen molar-refractivity contribution in [3.8, 4) is 0 Å². The van der Waals surface area contributed by atoms with Gasteiger partial charge in [-0.1, -0.05) is 60.7 Å². The van der Waals surface area contributed by atoms with E-state index in [1.165, 1.54) is 6.26 Å². The molecule has 2 aromatic carbocycles. The summed E-state index contributed by atoms with van der Waals surface area (Å²) in [7, 11) is -3.16. The molecule has 31 heavy (non-hydrogen) atoms. The molecule has 6 nitrogen and oxygen atoms in total. The predicted octanol–water partition coefficient (Wildman–Crippen LogP) is 3.79. The summed E-state index contributed by atoms with van der Waals surface area (Å²) in [6.07, 6.45) is 1.05. The van der Waals surface area contributed by atoms with Crippen LogP contribution in [0.4, 0.5) is 4.79 Å². The summed E-state index contributed by atoms with van der Waals surface area (Å²) < 4.78 is 29.1. The van der Waals surface area contributed by atoms with Crippen molar-refractivity contribution >= 4 is 15.9 Å². The van der Waals surface area contributed by atoms with E-state index < -0.39 is 27.1 Å². The molecule has 0 bridgehead atoms. The van der Waals surface area contributed by atoms with Crippen molar-refractivity contribution in [2.24, 2.45) is 0 Å². The van der Waals surface area contributed by atoms with Crippen LogP contribution in [-0.4, -0.2) is 55.6 Å². The molecule has 1 fully saturated rings. The van der Waals surface area contributed by atoms with Gasteiger partial charge in [-0.15, -0.1) is 0 Å². The van der Waals surface area contributed by atoms with Crippen LogP contribution in [0.3, 0.4) is 0 Å². The lowest BCUT2D eigenvalue weighted by Crippen LogP contribution is -2.71. The van der Waals surface area contributed by atoms with Gasteiger partial charge < -0.3 is 10.1 Å². The zero-order valence-electron chi connectivity index (χ0n) is 18.7. The molecule has 1 aliphatic heterocycles. The third kappa shape index (κ3) is 6.55. The minimum atomic E-state index is -3.16. The Morgan fingerprint density at radius 2 is 1.52 bits per heavy atom. The van der Waals surface area contributed by atoms with Crippen molar-refractivity contribution in [2.75, 3.05) is 25.1 Å². The van der Waals surface area contributed by atoms with Gasteiger partial charge in [0, 0.05) is 19.3 Å². The number of hydrogen-bond donors (Lipinski definition) is 1. The fourth-order valence-corrected chi connectivity index (χ4v) is 4.76. The van der Waals surface area contributed by atoms with Gasteiger partial charge >= 0.3 is 6.09 Å². The van der Waals surface area contributed by atoms with E-state index in [1.807, 2.05) is 57.2 Å². The highest BCUT2D eigenvalue weighted by Crippen LogP contribution is 2.37. The molecule has 7 heteroatoms. The van der Waals surface area contributed by atoms with Gasteiger partial charge in [-0.3, -0.25) is 4.90 Å². The van der Waals surface area contributed by atoms with E-state index in [0.717, 1.165) is 11.1 Å². The van der Waals surface area contributed by atoms with Crippen LogP contribution in [0.25, 0.3) is 0 Å². The van der Waals surface area contributed by atoms with Gasteiger partial charge in [0.2, 0.25) is 0 Å². The van der Waals surface area contributed by atoms with Gasteiger partial charge in [0.1, 0.15) is 15.4 Å². The number of carbonyl (C=O) groups is 1. The average molecular weight is 445 g/mol.